The van der Waals surface area contributed by atoms with Gasteiger partial charge in [0.05, 0.1) is 0 Å². The number of aliphatic hydroxyl groups is 3. The standard InChI is InChI=1S/C5H12O3.4H2O/c6-2-1-5(3-7)4-8;;;;/h5-8H,1-4H2;4*1H2. The van der Waals surface area contributed by atoms with Gasteiger partial charge in [-0.05, 0) is 6.42 Å². The Labute approximate surface area is 70.5 Å². The maximum atomic E-state index is 8.39. The fourth-order valence-corrected chi connectivity index (χ4v) is 0.423. The number of hydrogen-bond acceptors (Lipinski definition) is 3. The van der Waals surface area contributed by atoms with Crippen molar-refractivity contribution >= 4 is 0 Å². The fraction of sp³-hybridized carbons (Fsp3) is 1.00. The van der Waals surface area contributed by atoms with Gasteiger partial charge in [-0.3, -0.25) is 0 Å². The monoisotopic (exact) mass is 192 g/mol. The molecule has 12 heavy (non-hydrogen) atoms. The van der Waals surface area contributed by atoms with E-state index in [9.17, 15) is 0 Å². The molecule has 82 valence electrons. The van der Waals surface area contributed by atoms with Crippen LogP contribution in [0.25, 0.3) is 0 Å². The summed E-state index contributed by atoms with van der Waals surface area (Å²) < 4.78 is 0. The van der Waals surface area contributed by atoms with E-state index in [1.165, 1.54) is 0 Å². The quantitative estimate of drug-likeness (QED) is 0.407. The molecular weight excluding hydrogens is 172 g/mol. The van der Waals surface area contributed by atoms with Crippen LogP contribution < -0.4 is 0 Å². The summed E-state index contributed by atoms with van der Waals surface area (Å²) in [6.07, 6.45) is 0.479. The summed E-state index contributed by atoms with van der Waals surface area (Å²) in [4.78, 5) is 0. The van der Waals surface area contributed by atoms with Crippen molar-refractivity contribution < 1.29 is 37.2 Å². The second kappa shape index (κ2) is 22.4. The lowest BCUT2D eigenvalue weighted by atomic mass is 10.1. The van der Waals surface area contributed by atoms with Crippen LogP contribution in [0, 0.1) is 5.92 Å². The van der Waals surface area contributed by atoms with Gasteiger partial charge >= 0.3 is 0 Å². The van der Waals surface area contributed by atoms with Crippen LogP contribution in [0.15, 0.2) is 0 Å². The Morgan fingerprint density at radius 3 is 1.17 bits per heavy atom. The lowest BCUT2D eigenvalue weighted by Gasteiger charge is -2.06. The number of hydrogen-bond donors (Lipinski definition) is 3. The molecule has 0 aromatic rings. The van der Waals surface area contributed by atoms with Crippen LogP contribution >= 0.6 is 0 Å². The van der Waals surface area contributed by atoms with Crippen LogP contribution in [0.5, 0.6) is 0 Å². The van der Waals surface area contributed by atoms with E-state index in [1.807, 2.05) is 0 Å². The van der Waals surface area contributed by atoms with Crippen LogP contribution in [0.1, 0.15) is 6.42 Å². The largest absolute Gasteiger partial charge is 0.412 e. The van der Waals surface area contributed by atoms with E-state index < -0.39 is 0 Å². The molecule has 7 nitrogen and oxygen atoms in total. The predicted molar refractivity (Wildman–Crippen MR) is 43.8 cm³/mol. The Balaban J connectivity index is -0.0000000408. The molecule has 0 saturated heterocycles. The smallest absolute Gasteiger partial charge is 0.0482 e. The molecule has 0 saturated carbocycles. The lowest BCUT2D eigenvalue weighted by Crippen LogP contribution is -2.12. The minimum absolute atomic E-state index is 0. The minimum atomic E-state index is -0.139. The average Bonchev–Trinajstić information content (AvgIpc) is 1.83. The van der Waals surface area contributed by atoms with Crippen molar-refractivity contribution in [2.45, 2.75) is 6.42 Å². The van der Waals surface area contributed by atoms with Gasteiger partial charge in [-0.25, -0.2) is 0 Å². The summed E-state index contributed by atoms with van der Waals surface area (Å²) >= 11 is 0. The minimum Gasteiger partial charge on any atom is -0.412 e. The van der Waals surface area contributed by atoms with E-state index in [4.69, 9.17) is 15.3 Å². The van der Waals surface area contributed by atoms with E-state index in [1.54, 1.807) is 0 Å². The third kappa shape index (κ3) is 16.4. The van der Waals surface area contributed by atoms with Gasteiger partial charge in [0.15, 0.2) is 0 Å². The molecule has 0 bridgehead atoms. The molecule has 0 aliphatic rings. The molecule has 0 amide bonds. The predicted octanol–water partition coefficient (Wildman–Crippen LogP) is -4.33. The maximum Gasteiger partial charge on any atom is 0.0482 e. The van der Waals surface area contributed by atoms with Crippen molar-refractivity contribution in [2.75, 3.05) is 19.8 Å². The van der Waals surface area contributed by atoms with Gasteiger partial charge in [-0.15, -0.1) is 0 Å². The molecule has 0 radical (unpaired) electrons. The second-order valence-electron chi connectivity index (χ2n) is 1.74. The highest BCUT2D eigenvalue weighted by atomic mass is 16.3. The Morgan fingerprint density at radius 2 is 1.08 bits per heavy atom. The average molecular weight is 192 g/mol. The van der Waals surface area contributed by atoms with Crippen LogP contribution in [0.4, 0.5) is 0 Å². The molecule has 0 unspecified atom stereocenters. The van der Waals surface area contributed by atoms with Gasteiger partial charge in [-0.2, -0.15) is 0 Å². The first-order valence-corrected chi connectivity index (χ1v) is 2.67. The first-order chi connectivity index (χ1) is 3.85. The van der Waals surface area contributed by atoms with Crippen molar-refractivity contribution in [2.24, 2.45) is 5.92 Å². The third-order valence-electron chi connectivity index (χ3n) is 1.05. The Morgan fingerprint density at radius 1 is 0.750 bits per heavy atom. The molecule has 11 N–H and O–H groups in total. The summed E-state index contributed by atoms with van der Waals surface area (Å²) in [5.74, 6) is -0.139. The molecule has 0 atom stereocenters. The van der Waals surface area contributed by atoms with Gasteiger partial charge in [0.2, 0.25) is 0 Å². The topological polar surface area (TPSA) is 187 Å². The highest BCUT2D eigenvalue weighted by Crippen LogP contribution is 1.97. The Bertz CT molecular complexity index is 47.1. The van der Waals surface area contributed by atoms with Gasteiger partial charge in [0.25, 0.3) is 0 Å². The first kappa shape index (κ1) is 29.8. The SMILES string of the molecule is O.O.O.O.OCCC(CO)CO. The Kier molecular flexibility index (Phi) is 55.7. The summed E-state index contributed by atoms with van der Waals surface area (Å²) in [5.41, 5.74) is 0. The fourth-order valence-electron chi connectivity index (χ4n) is 0.423. The third-order valence-corrected chi connectivity index (χ3v) is 1.05. The van der Waals surface area contributed by atoms with Crippen LogP contribution in [-0.2, 0) is 0 Å². The molecule has 0 aromatic carbocycles. The van der Waals surface area contributed by atoms with E-state index in [-0.39, 0.29) is 47.6 Å². The van der Waals surface area contributed by atoms with Gasteiger partial charge in [0.1, 0.15) is 0 Å². The van der Waals surface area contributed by atoms with Crippen molar-refractivity contribution in [1.29, 1.82) is 0 Å². The molecule has 0 rings (SSSR count). The van der Waals surface area contributed by atoms with E-state index in [0.29, 0.717) is 6.42 Å². The van der Waals surface area contributed by atoms with E-state index >= 15 is 0 Å². The lowest BCUT2D eigenvalue weighted by molar-refractivity contribution is 0.124. The summed E-state index contributed by atoms with van der Waals surface area (Å²) in [7, 11) is 0. The molecular formula is C5H20O7. The van der Waals surface area contributed by atoms with Crippen LogP contribution in [0.2, 0.25) is 0 Å². The van der Waals surface area contributed by atoms with Crippen LogP contribution in [-0.4, -0.2) is 57.0 Å². The first-order valence-electron chi connectivity index (χ1n) is 2.67. The summed E-state index contributed by atoms with van der Waals surface area (Å²) in [5, 5.41) is 25.0. The number of rotatable bonds is 4. The number of aliphatic hydroxyl groups excluding tert-OH is 3. The second-order valence-corrected chi connectivity index (χ2v) is 1.74. The normalized spacial score (nSPS) is 7.00. The zero-order valence-corrected chi connectivity index (χ0v) is 6.75. The van der Waals surface area contributed by atoms with E-state index in [2.05, 4.69) is 0 Å². The van der Waals surface area contributed by atoms with Gasteiger partial charge in [0, 0.05) is 25.7 Å². The molecule has 0 heterocycles. The summed E-state index contributed by atoms with van der Waals surface area (Å²) in [6, 6.07) is 0. The highest BCUT2D eigenvalue weighted by molar-refractivity contribution is 4.52. The molecule has 0 aromatic heterocycles. The zero-order valence-electron chi connectivity index (χ0n) is 6.75. The highest BCUT2D eigenvalue weighted by Gasteiger charge is 2.02. The van der Waals surface area contributed by atoms with Crippen molar-refractivity contribution in [1.82, 2.24) is 0 Å². The van der Waals surface area contributed by atoms with Gasteiger partial charge < -0.3 is 37.2 Å². The molecule has 0 aliphatic heterocycles. The zero-order chi connectivity index (χ0) is 6.41. The van der Waals surface area contributed by atoms with Crippen molar-refractivity contribution in [3.05, 3.63) is 0 Å². The van der Waals surface area contributed by atoms with E-state index in [0.717, 1.165) is 0 Å². The van der Waals surface area contributed by atoms with Crippen molar-refractivity contribution in [3.8, 4) is 0 Å². The molecule has 7 heteroatoms. The molecule has 0 aliphatic carbocycles. The van der Waals surface area contributed by atoms with Gasteiger partial charge in [-0.1, -0.05) is 0 Å². The molecule has 0 spiro atoms. The van der Waals surface area contributed by atoms with Crippen molar-refractivity contribution in [3.63, 3.8) is 0 Å². The van der Waals surface area contributed by atoms with Crippen LogP contribution in [0.3, 0.4) is 0 Å². The molecule has 0 fully saturated rings. The Hall–Kier alpha value is -0.280. The maximum absolute atomic E-state index is 8.39. The summed E-state index contributed by atoms with van der Waals surface area (Å²) in [6.45, 7) is -0.0556.